The SMILES string of the molecule is Nc1ccc(COC2=C(OCc3ccc(N)cc3)C(CCO)OC2=O)cc1. The zero-order chi connectivity index (χ0) is 19.2. The van der Waals surface area contributed by atoms with Gasteiger partial charge in [0, 0.05) is 24.4 Å². The second kappa shape index (κ2) is 8.46. The van der Waals surface area contributed by atoms with Crippen molar-refractivity contribution in [2.75, 3.05) is 18.1 Å². The minimum atomic E-state index is -0.669. The summed E-state index contributed by atoms with van der Waals surface area (Å²) in [6.45, 7) is 0.256. The van der Waals surface area contributed by atoms with Crippen molar-refractivity contribution in [1.82, 2.24) is 0 Å². The Labute approximate surface area is 157 Å². The molecule has 0 saturated carbocycles. The Morgan fingerprint density at radius 1 is 0.889 bits per heavy atom. The molecule has 0 fully saturated rings. The Kier molecular flexibility index (Phi) is 5.83. The molecule has 0 bridgehead atoms. The number of rotatable bonds is 8. The number of nitrogens with two attached hydrogens (primary N) is 2. The van der Waals surface area contributed by atoms with E-state index in [-0.39, 0.29) is 32.0 Å². The molecule has 2 aromatic rings. The first-order valence-corrected chi connectivity index (χ1v) is 8.57. The van der Waals surface area contributed by atoms with Gasteiger partial charge in [-0.2, -0.15) is 0 Å². The average Bonchev–Trinajstić information content (AvgIpc) is 2.95. The van der Waals surface area contributed by atoms with Gasteiger partial charge in [-0.3, -0.25) is 0 Å². The number of nitrogen functional groups attached to an aromatic ring is 2. The lowest BCUT2D eigenvalue weighted by Gasteiger charge is -2.14. The van der Waals surface area contributed by atoms with Crippen molar-refractivity contribution in [2.24, 2.45) is 0 Å². The highest BCUT2D eigenvalue weighted by Crippen LogP contribution is 2.28. The van der Waals surface area contributed by atoms with E-state index in [0.717, 1.165) is 11.1 Å². The monoisotopic (exact) mass is 370 g/mol. The van der Waals surface area contributed by atoms with Crippen molar-refractivity contribution in [3.05, 3.63) is 71.2 Å². The summed E-state index contributed by atoms with van der Waals surface area (Å²) in [5.41, 5.74) is 14.4. The normalized spacial score (nSPS) is 16.3. The molecule has 142 valence electrons. The third kappa shape index (κ3) is 4.71. The first kappa shape index (κ1) is 18.6. The second-order valence-electron chi connectivity index (χ2n) is 6.16. The molecule has 7 heteroatoms. The molecule has 0 radical (unpaired) electrons. The summed E-state index contributed by atoms with van der Waals surface area (Å²) in [7, 11) is 0. The first-order chi connectivity index (χ1) is 13.1. The van der Waals surface area contributed by atoms with E-state index >= 15 is 0 Å². The van der Waals surface area contributed by atoms with Crippen LogP contribution in [-0.2, 0) is 32.2 Å². The van der Waals surface area contributed by atoms with E-state index in [1.807, 2.05) is 24.3 Å². The fourth-order valence-electron chi connectivity index (χ4n) is 2.62. The van der Waals surface area contributed by atoms with Crippen molar-refractivity contribution in [3.63, 3.8) is 0 Å². The first-order valence-electron chi connectivity index (χ1n) is 8.57. The van der Waals surface area contributed by atoms with Gasteiger partial charge in [0.25, 0.3) is 0 Å². The van der Waals surface area contributed by atoms with Gasteiger partial charge < -0.3 is 30.8 Å². The molecule has 0 saturated heterocycles. The molecule has 0 spiro atoms. The summed E-state index contributed by atoms with van der Waals surface area (Å²) in [5, 5.41) is 9.23. The maximum Gasteiger partial charge on any atom is 0.378 e. The van der Waals surface area contributed by atoms with Gasteiger partial charge in [0.2, 0.25) is 5.76 Å². The van der Waals surface area contributed by atoms with E-state index in [1.165, 1.54) is 0 Å². The van der Waals surface area contributed by atoms with Crippen LogP contribution in [-0.4, -0.2) is 23.8 Å². The van der Waals surface area contributed by atoms with Crippen molar-refractivity contribution >= 4 is 17.3 Å². The van der Waals surface area contributed by atoms with Gasteiger partial charge in [0.15, 0.2) is 11.9 Å². The summed E-state index contributed by atoms with van der Waals surface area (Å²) in [5.74, 6) is -0.279. The summed E-state index contributed by atoms with van der Waals surface area (Å²) in [4.78, 5) is 12.2. The minimum Gasteiger partial charge on any atom is -0.485 e. The quantitative estimate of drug-likeness (QED) is 0.481. The fraction of sp³-hybridized carbons (Fsp3) is 0.250. The van der Waals surface area contributed by atoms with Gasteiger partial charge in [-0.05, 0) is 35.4 Å². The highest BCUT2D eigenvalue weighted by Gasteiger charge is 2.37. The molecule has 1 heterocycles. The van der Waals surface area contributed by atoms with Crippen LogP contribution in [0.15, 0.2) is 60.0 Å². The molecule has 7 nitrogen and oxygen atoms in total. The number of aliphatic hydroxyl groups excluding tert-OH is 1. The molecular formula is C20H22N2O5. The maximum absolute atomic E-state index is 12.2. The third-order valence-corrected chi connectivity index (χ3v) is 4.08. The van der Waals surface area contributed by atoms with Crippen LogP contribution in [0, 0.1) is 0 Å². The van der Waals surface area contributed by atoms with Crippen LogP contribution in [0.2, 0.25) is 0 Å². The number of hydrogen-bond donors (Lipinski definition) is 3. The maximum atomic E-state index is 12.2. The molecule has 2 aromatic carbocycles. The van der Waals surface area contributed by atoms with E-state index in [2.05, 4.69) is 0 Å². The molecule has 3 rings (SSSR count). The van der Waals surface area contributed by atoms with Gasteiger partial charge in [-0.1, -0.05) is 24.3 Å². The fourth-order valence-corrected chi connectivity index (χ4v) is 2.62. The second-order valence-corrected chi connectivity index (χ2v) is 6.16. The smallest absolute Gasteiger partial charge is 0.378 e. The van der Waals surface area contributed by atoms with Crippen molar-refractivity contribution in [3.8, 4) is 0 Å². The molecule has 1 aliphatic heterocycles. The van der Waals surface area contributed by atoms with E-state index in [0.29, 0.717) is 17.1 Å². The molecule has 5 N–H and O–H groups in total. The molecule has 27 heavy (non-hydrogen) atoms. The van der Waals surface area contributed by atoms with Gasteiger partial charge >= 0.3 is 5.97 Å². The molecule has 0 aromatic heterocycles. The Balaban J connectivity index is 1.74. The van der Waals surface area contributed by atoms with E-state index in [9.17, 15) is 9.90 Å². The van der Waals surface area contributed by atoms with Crippen LogP contribution in [0.5, 0.6) is 0 Å². The lowest BCUT2D eigenvalue weighted by atomic mass is 10.2. The van der Waals surface area contributed by atoms with Crippen LogP contribution in [0.25, 0.3) is 0 Å². The largest absolute Gasteiger partial charge is 0.485 e. The van der Waals surface area contributed by atoms with Gasteiger partial charge in [0.05, 0.1) is 0 Å². The van der Waals surface area contributed by atoms with Crippen LogP contribution >= 0.6 is 0 Å². The van der Waals surface area contributed by atoms with Gasteiger partial charge in [0.1, 0.15) is 13.2 Å². The number of carbonyl (C=O) groups excluding carboxylic acids is 1. The molecule has 1 aliphatic rings. The zero-order valence-electron chi connectivity index (χ0n) is 14.8. The van der Waals surface area contributed by atoms with Crippen molar-refractivity contribution < 1.29 is 24.1 Å². The minimum absolute atomic E-state index is 0.0284. The predicted octanol–water partition coefficient (Wildman–Crippen LogP) is 2.10. The summed E-state index contributed by atoms with van der Waals surface area (Å²) >= 11 is 0. The van der Waals surface area contributed by atoms with Gasteiger partial charge in [-0.25, -0.2) is 4.79 Å². The number of carbonyl (C=O) groups is 1. The number of ether oxygens (including phenoxy) is 3. The average molecular weight is 370 g/mol. The standard InChI is InChI=1S/C20H22N2O5/c21-15-5-1-13(2-6-15)11-25-18-17(9-10-23)27-20(24)19(18)26-12-14-3-7-16(22)8-4-14/h1-8,17,23H,9-12,21-22H2. The number of hydrogen-bond acceptors (Lipinski definition) is 7. The Hall–Kier alpha value is -3.19. The Morgan fingerprint density at radius 3 is 1.93 bits per heavy atom. The van der Waals surface area contributed by atoms with Crippen molar-refractivity contribution in [1.29, 1.82) is 0 Å². The lowest BCUT2D eigenvalue weighted by molar-refractivity contribution is -0.143. The topological polar surface area (TPSA) is 117 Å². The Morgan fingerprint density at radius 2 is 1.41 bits per heavy atom. The molecule has 0 aliphatic carbocycles. The Bertz CT molecular complexity index is 815. The number of anilines is 2. The number of esters is 1. The van der Waals surface area contributed by atoms with E-state index < -0.39 is 12.1 Å². The van der Waals surface area contributed by atoms with E-state index in [1.54, 1.807) is 24.3 Å². The summed E-state index contributed by atoms with van der Waals surface area (Å²) < 4.78 is 16.8. The number of benzene rings is 2. The molecule has 0 amide bonds. The third-order valence-electron chi connectivity index (χ3n) is 4.08. The molecule has 1 unspecified atom stereocenters. The molecular weight excluding hydrogens is 348 g/mol. The zero-order valence-corrected chi connectivity index (χ0v) is 14.8. The number of aliphatic hydroxyl groups is 1. The highest BCUT2D eigenvalue weighted by atomic mass is 16.6. The van der Waals surface area contributed by atoms with Crippen LogP contribution in [0.4, 0.5) is 11.4 Å². The predicted molar refractivity (Wildman–Crippen MR) is 99.9 cm³/mol. The van der Waals surface area contributed by atoms with Crippen LogP contribution in [0.1, 0.15) is 17.5 Å². The molecule has 1 atom stereocenters. The van der Waals surface area contributed by atoms with Crippen LogP contribution < -0.4 is 11.5 Å². The highest BCUT2D eigenvalue weighted by molar-refractivity contribution is 5.89. The number of cyclic esters (lactones) is 1. The van der Waals surface area contributed by atoms with Crippen LogP contribution in [0.3, 0.4) is 0 Å². The van der Waals surface area contributed by atoms with E-state index in [4.69, 9.17) is 25.7 Å². The summed E-state index contributed by atoms with van der Waals surface area (Å²) in [6.07, 6.45) is -0.435. The van der Waals surface area contributed by atoms with Crippen molar-refractivity contribution in [2.45, 2.75) is 25.7 Å². The van der Waals surface area contributed by atoms with Gasteiger partial charge in [-0.15, -0.1) is 0 Å². The lowest BCUT2D eigenvalue weighted by Crippen LogP contribution is -2.15. The summed E-state index contributed by atoms with van der Waals surface area (Å²) in [6, 6.07) is 14.4.